The molecule has 2 aromatic carbocycles. The zero-order chi connectivity index (χ0) is 22.7. The molecule has 1 saturated heterocycles. The summed E-state index contributed by atoms with van der Waals surface area (Å²) in [7, 11) is -3.60. The van der Waals surface area contributed by atoms with Crippen molar-refractivity contribution in [3.05, 3.63) is 53.8 Å². The molecule has 178 valence electrons. The second-order valence-corrected chi connectivity index (χ2v) is 10.7. The van der Waals surface area contributed by atoms with Crippen LogP contribution >= 0.6 is 23.7 Å². The number of aromatic nitrogens is 1. The molecule has 33 heavy (non-hydrogen) atoms. The lowest BCUT2D eigenvalue weighted by molar-refractivity contribution is 0.0391. The van der Waals surface area contributed by atoms with Crippen LogP contribution in [0.2, 0.25) is 0 Å². The summed E-state index contributed by atoms with van der Waals surface area (Å²) >= 11 is 1.21. The topological polar surface area (TPSA) is 79.8 Å². The molecule has 0 spiro atoms. The van der Waals surface area contributed by atoms with Crippen molar-refractivity contribution in [2.75, 3.05) is 50.0 Å². The number of hydrogen-bond donors (Lipinski definition) is 0. The molecule has 2 heterocycles. The molecule has 0 N–H and O–H groups in total. The monoisotopic (exact) mass is 513 g/mol. The Morgan fingerprint density at radius 3 is 2.67 bits per heavy atom. The van der Waals surface area contributed by atoms with Crippen molar-refractivity contribution in [3.63, 3.8) is 0 Å². The third kappa shape index (κ3) is 5.70. The summed E-state index contributed by atoms with van der Waals surface area (Å²) in [5.74, 6) is -0.922. The van der Waals surface area contributed by atoms with Gasteiger partial charge < -0.3 is 4.74 Å². The van der Waals surface area contributed by atoms with E-state index in [2.05, 4.69) is 9.88 Å². The summed E-state index contributed by atoms with van der Waals surface area (Å²) < 4.78 is 45.0. The zero-order valence-electron chi connectivity index (χ0n) is 18.1. The molecular weight excluding hydrogens is 489 g/mol. The van der Waals surface area contributed by atoms with Crippen LogP contribution in [0, 0.1) is 5.82 Å². The number of carbonyl (C=O) groups excluding carboxylic acids is 1. The largest absolute Gasteiger partial charge is 0.379 e. The highest BCUT2D eigenvalue weighted by Crippen LogP contribution is 2.31. The minimum Gasteiger partial charge on any atom is -0.379 e. The molecule has 11 heteroatoms. The Bertz CT molecular complexity index is 1230. The number of benzene rings is 2. The molecule has 0 radical (unpaired) electrons. The van der Waals surface area contributed by atoms with Gasteiger partial charge in [-0.2, -0.15) is 0 Å². The van der Waals surface area contributed by atoms with Crippen molar-refractivity contribution in [3.8, 4) is 0 Å². The van der Waals surface area contributed by atoms with Crippen molar-refractivity contribution in [2.24, 2.45) is 0 Å². The molecule has 0 bridgehead atoms. The molecule has 0 saturated carbocycles. The number of carbonyl (C=O) groups is 1. The number of sulfone groups is 1. The maximum Gasteiger partial charge on any atom is 0.261 e. The predicted octanol–water partition coefficient (Wildman–Crippen LogP) is 3.63. The smallest absolute Gasteiger partial charge is 0.261 e. The van der Waals surface area contributed by atoms with Gasteiger partial charge in [-0.15, -0.1) is 12.4 Å². The standard InChI is InChI=1S/C22H24FN3O4S2.ClH/c1-2-32(28,29)20-6-4-3-5-17(20)21(27)26(10-9-25-11-13-30-14-12-25)22-24-18-8-7-16(23)15-19(18)31-22;/h3-8,15H,2,9-14H2,1H3;1H. The van der Waals surface area contributed by atoms with Gasteiger partial charge in [0.1, 0.15) is 5.82 Å². The number of ether oxygens (including phenoxy) is 1. The number of anilines is 1. The molecule has 1 amide bonds. The first-order chi connectivity index (χ1) is 15.4. The quantitative estimate of drug-likeness (QED) is 0.480. The van der Waals surface area contributed by atoms with Gasteiger partial charge in [0.2, 0.25) is 0 Å². The van der Waals surface area contributed by atoms with E-state index in [9.17, 15) is 17.6 Å². The summed E-state index contributed by atoms with van der Waals surface area (Å²) in [6, 6.07) is 10.5. The van der Waals surface area contributed by atoms with Crippen molar-refractivity contribution in [1.82, 2.24) is 9.88 Å². The van der Waals surface area contributed by atoms with Gasteiger partial charge in [0.25, 0.3) is 5.91 Å². The minimum absolute atomic E-state index is 0. The Balaban J connectivity index is 0.00000306. The first-order valence-electron chi connectivity index (χ1n) is 10.4. The third-order valence-corrected chi connectivity index (χ3v) is 8.22. The van der Waals surface area contributed by atoms with Crippen LogP contribution in [0.5, 0.6) is 0 Å². The molecule has 1 aliphatic rings. The van der Waals surface area contributed by atoms with Gasteiger partial charge >= 0.3 is 0 Å². The van der Waals surface area contributed by atoms with Crippen LogP contribution in [0.3, 0.4) is 0 Å². The van der Waals surface area contributed by atoms with E-state index in [4.69, 9.17) is 4.74 Å². The van der Waals surface area contributed by atoms with E-state index < -0.39 is 15.7 Å². The van der Waals surface area contributed by atoms with Crippen LogP contribution in [-0.4, -0.2) is 69.4 Å². The normalized spacial score (nSPS) is 14.7. The summed E-state index contributed by atoms with van der Waals surface area (Å²) in [6.45, 7) is 5.23. The Labute approximate surface area is 202 Å². The average molecular weight is 514 g/mol. The Morgan fingerprint density at radius 2 is 1.94 bits per heavy atom. The minimum atomic E-state index is -3.60. The van der Waals surface area contributed by atoms with E-state index in [0.717, 1.165) is 13.1 Å². The van der Waals surface area contributed by atoms with Crippen molar-refractivity contribution in [1.29, 1.82) is 0 Å². The number of nitrogens with zero attached hydrogens (tertiary/aromatic N) is 3. The van der Waals surface area contributed by atoms with Crippen LogP contribution in [0.15, 0.2) is 47.4 Å². The van der Waals surface area contributed by atoms with Gasteiger partial charge in [0.05, 0.1) is 39.6 Å². The second-order valence-electron chi connectivity index (χ2n) is 7.42. The number of amides is 1. The number of morpholine rings is 1. The van der Waals surface area contributed by atoms with Crippen molar-refractivity contribution >= 4 is 54.8 Å². The number of hydrogen-bond acceptors (Lipinski definition) is 7. The first kappa shape index (κ1) is 25.5. The Kier molecular flexibility index (Phi) is 8.41. The zero-order valence-corrected chi connectivity index (χ0v) is 20.5. The lowest BCUT2D eigenvalue weighted by atomic mass is 10.2. The van der Waals surface area contributed by atoms with Gasteiger partial charge in [0, 0.05) is 26.2 Å². The number of halogens is 2. The van der Waals surface area contributed by atoms with Gasteiger partial charge in [-0.1, -0.05) is 30.4 Å². The highest BCUT2D eigenvalue weighted by molar-refractivity contribution is 7.91. The maximum atomic E-state index is 13.7. The average Bonchev–Trinajstić information content (AvgIpc) is 3.22. The first-order valence-corrected chi connectivity index (χ1v) is 12.9. The van der Waals surface area contributed by atoms with Gasteiger partial charge in [-0.3, -0.25) is 14.6 Å². The summed E-state index contributed by atoms with van der Waals surface area (Å²) in [5, 5.41) is 0.410. The van der Waals surface area contributed by atoms with Gasteiger partial charge in [0.15, 0.2) is 15.0 Å². The molecule has 0 aliphatic carbocycles. The molecule has 4 rings (SSSR count). The molecule has 7 nitrogen and oxygen atoms in total. The van der Waals surface area contributed by atoms with Crippen molar-refractivity contribution in [2.45, 2.75) is 11.8 Å². The van der Waals surface area contributed by atoms with Crippen LogP contribution in [0.25, 0.3) is 10.2 Å². The molecule has 0 unspecified atom stereocenters. The summed E-state index contributed by atoms with van der Waals surface area (Å²) in [4.78, 5) is 21.9. The fraction of sp³-hybridized carbons (Fsp3) is 0.364. The summed E-state index contributed by atoms with van der Waals surface area (Å²) in [6.07, 6.45) is 0. The highest BCUT2D eigenvalue weighted by atomic mass is 35.5. The molecule has 1 aliphatic heterocycles. The maximum absolute atomic E-state index is 13.7. The van der Waals surface area contributed by atoms with Crippen molar-refractivity contribution < 1.29 is 22.3 Å². The van der Waals surface area contributed by atoms with Crippen LogP contribution in [0.1, 0.15) is 17.3 Å². The van der Waals surface area contributed by atoms with Crippen LogP contribution in [0.4, 0.5) is 9.52 Å². The fourth-order valence-corrected chi connectivity index (χ4v) is 5.67. The molecule has 3 aromatic rings. The number of rotatable bonds is 7. The van der Waals surface area contributed by atoms with E-state index in [1.165, 1.54) is 40.5 Å². The second kappa shape index (κ2) is 10.9. The molecule has 0 atom stereocenters. The number of thiazole rings is 1. The Hall–Kier alpha value is -2.11. The van der Waals surface area contributed by atoms with Gasteiger partial charge in [-0.25, -0.2) is 17.8 Å². The molecular formula is C22H25ClFN3O4S2. The Morgan fingerprint density at radius 1 is 1.21 bits per heavy atom. The number of fused-ring (bicyclic) bond motifs is 1. The molecule has 1 aromatic heterocycles. The fourth-order valence-electron chi connectivity index (χ4n) is 3.57. The van der Waals surface area contributed by atoms with E-state index in [0.29, 0.717) is 41.7 Å². The lowest BCUT2D eigenvalue weighted by Gasteiger charge is -2.29. The summed E-state index contributed by atoms with van der Waals surface area (Å²) in [5.41, 5.74) is 0.701. The lowest BCUT2D eigenvalue weighted by Crippen LogP contribution is -2.43. The molecule has 1 fully saturated rings. The SMILES string of the molecule is CCS(=O)(=O)c1ccccc1C(=O)N(CCN1CCOCC1)c1nc2ccc(F)cc2s1.Cl. The van der Waals surface area contributed by atoms with E-state index in [1.807, 2.05) is 0 Å². The van der Waals surface area contributed by atoms with Gasteiger partial charge in [-0.05, 0) is 30.3 Å². The van der Waals surface area contributed by atoms with Crippen LogP contribution < -0.4 is 4.90 Å². The van der Waals surface area contributed by atoms with E-state index >= 15 is 0 Å². The van der Waals surface area contributed by atoms with E-state index in [-0.39, 0.29) is 34.4 Å². The predicted molar refractivity (Wildman–Crippen MR) is 130 cm³/mol. The third-order valence-electron chi connectivity index (χ3n) is 5.39. The highest BCUT2D eigenvalue weighted by Gasteiger charge is 2.27. The van der Waals surface area contributed by atoms with Crippen LogP contribution in [-0.2, 0) is 14.6 Å². The van der Waals surface area contributed by atoms with E-state index in [1.54, 1.807) is 25.1 Å².